The molecule has 0 aliphatic heterocycles. The zero-order valence-corrected chi connectivity index (χ0v) is 16.5. The highest BCUT2D eigenvalue weighted by atomic mass is 32.1. The Morgan fingerprint density at radius 3 is 2.93 bits per heavy atom. The maximum atomic E-state index is 12.2. The number of fused-ring (bicyclic) bond motifs is 2. The molecule has 0 radical (unpaired) electrons. The number of aryl methyl sites for hydroxylation is 2. The molecule has 0 saturated heterocycles. The Morgan fingerprint density at radius 1 is 1.28 bits per heavy atom. The minimum atomic E-state index is -0.506. The lowest BCUT2D eigenvalue weighted by molar-refractivity contribution is -0.147. The predicted molar refractivity (Wildman–Crippen MR) is 108 cm³/mol. The molecule has 1 aliphatic rings. The second-order valence-electron chi connectivity index (χ2n) is 6.81. The molecular formula is C21H19N3O4S. The van der Waals surface area contributed by atoms with E-state index >= 15 is 0 Å². The zero-order chi connectivity index (χ0) is 20.2. The van der Waals surface area contributed by atoms with E-state index in [1.165, 1.54) is 16.2 Å². The van der Waals surface area contributed by atoms with Gasteiger partial charge in [-0.1, -0.05) is 12.1 Å². The lowest BCUT2D eigenvalue weighted by Crippen LogP contribution is -2.21. The number of nitriles is 1. The largest absolute Gasteiger partial charge is 0.456 e. The summed E-state index contributed by atoms with van der Waals surface area (Å²) in [6, 6.07) is 9.56. The molecule has 0 spiro atoms. The van der Waals surface area contributed by atoms with E-state index in [0.29, 0.717) is 28.5 Å². The SMILES string of the molecule is N#Cc1c(NC(=O)COC(=O)CCc2nc3ccccc3o2)sc2c1CCCC2. The van der Waals surface area contributed by atoms with Crippen LogP contribution in [0.5, 0.6) is 0 Å². The van der Waals surface area contributed by atoms with E-state index in [-0.39, 0.29) is 13.0 Å². The van der Waals surface area contributed by atoms with Crippen LogP contribution in [-0.4, -0.2) is 23.5 Å². The standard InChI is InChI=1S/C21H19N3O4S/c22-11-14-13-5-1-4-8-17(13)29-21(14)24-18(25)12-27-20(26)10-9-19-23-15-6-2-3-7-16(15)28-19/h2-3,6-7H,1,4-5,8-10,12H2,(H,24,25). The molecule has 148 valence electrons. The van der Waals surface area contributed by atoms with Gasteiger partial charge in [0, 0.05) is 11.3 Å². The highest BCUT2D eigenvalue weighted by Gasteiger charge is 2.22. The molecule has 1 aliphatic carbocycles. The molecule has 0 atom stereocenters. The highest BCUT2D eigenvalue weighted by molar-refractivity contribution is 7.16. The smallest absolute Gasteiger partial charge is 0.306 e. The monoisotopic (exact) mass is 409 g/mol. The molecule has 1 amide bonds. The van der Waals surface area contributed by atoms with Crippen LogP contribution >= 0.6 is 11.3 Å². The van der Waals surface area contributed by atoms with Crippen molar-refractivity contribution in [3.8, 4) is 6.07 Å². The van der Waals surface area contributed by atoms with E-state index < -0.39 is 11.9 Å². The fraction of sp³-hybridized carbons (Fsp3) is 0.333. The second kappa shape index (κ2) is 8.45. The summed E-state index contributed by atoms with van der Waals surface area (Å²) in [5, 5.41) is 12.7. The molecule has 2 heterocycles. The Balaban J connectivity index is 1.28. The van der Waals surface area contributed by atoms with Crippen molar-refractivity contribution in [2.24, 2.45) is 0 Å². The normalized spacial score (nSPS) is 12.9. The Hall–Kier alpha value is -3.18. The van der Waals surface area contributed by atoms with Gasteiger partial charge in [-0.15, -0.1) is 11.3 Å². The van der Waals surface area contributed by atoms with Gasteiger partial charge in [-0.3, -0.25) is 9.59 Å². The number of rotatable bonds is 6. The van der Waals surface area contributed by atoms with Crippen molar-refractivity contribution >= 4 is 39.3 Å². The number of amides is 1. The zero-order valence-electron chi connectivity index (χ0n) is 15.7. The number of carbonyl (C=O) groups is 2. The minimum Gasteiger partial charge on any atom is -0.456 e. The fourth-order valence-corrected chi connectivity index (χ4v) is 4.64. The van der Waals surface area contributed by atoms with Crippen molar-refractivity contribution in [3.63, 3.8) is 0 Å². The quantitative estimate of drug-likeness (QED) is 0.622. The third-order valence-corrected chi connectivity index (χ3v) is 5.99. The van der Waals surface area contributed by atoms with E-state index in [1.54, 1.807) is 0 Å². The van der Waals surface area contributed by atoms with Gasteiger partial charge < -0.3 is 14.5 Å². The first-order valence-corrected chi connectivity index (χ1v) is 10.3. The van der Waals surface area contributed by atoms with Gasteiger partial charge in [-0.2, -0.15) is 5.26 Å². The van der Waals surface area contributed by atoms with Gasteiger partial charge >= 0.3 is 5.97 Å². The number of para-hydroxylation sites is 2. The summed E-state index contributed by atoms with van der Waals surface area (Å²) in [4.78, 5) is 29.6. The van der Waals surface area contributed by atoms with Gasteiger partial charge in [0.05, 0.1) is 12.0 Å². The lowest BCUT2D eigenvalue weighted by atomic mass is 9.96. The number of nitrogens with one attached hydrogen (secondary N) is 1. The molecule has 8 heteroatoms. The molecule has 1 aromatic carbocycles. The average molecular weight is 409 g/mol. The Kier molecular flexibility index (Phi) is 5.58. The van der Waals surface area contributed by atoms with Crippen LogP contribution in [0.4, 0.5) is 5.00 Å². The number of thiophene rings is 1. The van der Waals surface area contributed by atoms with Gasteiger partial charge in [0.2, 0.25) is 0 Å². The number of benzene rings is 1. The Labute approximate surface area is 171 Å². The number of anilines is 1. The van der Waals surface area contributed by atoms with Crippen molar-refractivity contribution in [2.75, 3.05) is 11.9 Å². The second-order valence-corrected chi connectivity index (χ2v) is 7.92. The summed E-state index contributed by atoms with van der Waals surface area (Å²) in [6.45, 7) is -0.389. The average Bonchev–Trinajstić information content (AvgIpc) is 3.30. The van der Waals surface area contributed by atoms with E-state index in [4.69, 9.17) is 9.15 Å². The number of hydrogen-bond donors (Lipinski definition) is 1. The summed E-state index contributed by atoms with van der Waals surface area (Å²) in [7, 11) is 0. The van der Waals surface area contributed by atoms with E-state index in [0.717, 1.165) is 36.8 Å². The van der Waals surface area contributed by atoms with Crippen molar-refractivity contribution in [2.45, 2.75) is 38.5 Å². The molecular weight excluding hydrogens is 390 g/mol. The fourth-order valence-electron chi connectivity index (χ4n) is 3.39. The van der Waals surface area contributed by atoms with Crippen LogP contribution in [0.3, 0.4) is 0 Å². The summed E-state index contributed by atoms with van der Waals surface area (Å²) >= 11 is 1.44. The third-order valence-electron chi connectivity index (χ3n) is 4.78. The van der Waals surface area contributed by atoms with Gasteiger partial charge in [-0.05, 0) is 43.4 Å². The molecule has 0 saturated carbocycles. The van der Waals surface area contributed by atoms with E-state index in [9.17, 15) is 14.9 Å². The van der Waals surface area contributed by atoms with Crippen LogP contribution in [0.2, 0.25) is 0 Å². The topological polar surface area (TPSA) is 105 Å². The molecule has 7 nitrogen and oxygen atoms in total. The minimum absolute atomic E-state index is 0.0663. The maximum Gasteiger partial charge on any atom is 0.306 e. The number of carbonyl (C=O) groups excluding carboxylic acids is 2. The van der Waals surface area contributed by atoms with Gasteiger partial charge in [0.15, 0.2) is 18.1 Å². The number of ether oxygens (including phenoxy) is 1. The van der Waals surface area contributed by atoms with Crippen LogP contribution < -0.4 is 5.32 Å². The lowest BCUT2D eigenvalue weighted by Gasteiger charge is -2.09. The molecule has 4 rings (SSSR count). The van der Waals surface area contributed by atoms with Crippen LogP contribution in [0, 0.1) is 11.3 Å². The van der Waals surface area contributed by atoms with E-state index in [1.807, 2.05) is 24.3 Å². The summed E-state index contributed by atoms with van der Waals surface area (Å²) < 4.78 is 10.6. The number of nitrogens with zero attached hydrogens (tertiary/aromatic N) is 2. The molecule has 3 aromatic rings. The molecule has 2 aromatic heterocycles. The van der Waals surface area contributed by atoms with Crippen molar-refractivity contribution in [1.29, 1.82) is 5.26 Å². The summed E-state index contributed by atoms with van der Waals surface area (Å²) in [6.07, 6.45) is 4.33. The van der Waals surface area contributed by atoms with Crippen LogP contribution in [0.1, 0.15) is 41.2 Å². The Morgan fingerprint density at radius 2 is 2.10 bits per heavy atom. The summed E-state index contributed by atoms with van der Waals surface area (Å²) in [5.41, 5.74) is 3.00. The first-order valence-electron chi connectivity index (χ1n) is 9.48. The molecule has 0 unspecified atom stereocenters. The molecule has 1 N–H and O–H groups in total. The Bertz CT molecular complexity index is 1080. The molecule has 0 fully saturated rings. The first kappa shape index (κ1) is 19.2. The third kappa shape index (κ3) is 4.30. The predicted octanol–water partition coefficient (Wildman–Crippen LogP) is 3.75. The summed E-state index contributed by atoms with van der Waals surface area (Å²) in [5.74, 6) is -0.501. The van der Waals surface area contributed by atoms with Crippen LogP contribution in [0.15, 0.2) is 28.7 Å². The van der Waals surface area contributed by atoms with Crippen molar-refractivity contribution in [3.05, 3.63) is 46.2 Å². The van der Waals surface area contributed by atoms with Crippen LogP contribution in [-0.2, 0) is 33.6 Å². The first-order chi connectivity index (χ1) is 14.1. The van der Waals surface area contributed by atoms with Crippen molar-refractivity contribution in [1.82, 2.24) is 4.98 Å². The number of esters is 1. The maximum absolute atomic E-state index is 12.2. The van der Waals surface area contributed by atoms with Gasteiger partial charge in [0.25, 0.3) is 5.91 Å². The van der Waals surface area contributed by atoms with Gasteiger partial charge in [-0.25, -0.2) is 4.98 Å². The molecule has 0 bridgehead atoms. The van der Waals surface area contributed by atoms with E-state index in [2.05, 4.69) is 16.4 Å². The number of oxazole rings is 1. The van der Waals surface area contributed by atoms with Crippen LogP contribution in [0.25, 0.3) is 11.1 Å². The van der Waals surface area contributed by atoms with Crippen molar-refractivity contribution < 1.29 is 18.7 Å². The number of hydrogen-bond acceptors (Lipinski definition) is 7. The number of aromatic nitrogens is 1. The van der Waals surface area contributed by atoms with Gasteiger partial charge in [0.1, 0.15) is 16.6 Å². The highest BCUT2D eigenvalue weighted by Crippen LogP contribution is 2.37. The molecule has 29 heavy (non-hydrogen) atoms.